The smallest absolute Gasteiger partial charge is 0.320 e. The zero-order chi connectivity index (χ0) is 28.1. The maximum atomic E-state index is 13.0. The second kappa shape index (κ2) is 11.8. The lowest BCUT2D eigenvalue weighted by atomic mass is 10.0. The molecule has 0 fully saturated rings. The van der Waals surface area contributed by atoms with E-state index < -0.39 is 41.7 Å². The SMILES string of the molecule is CC(C)C[C@H](N[C@H](CCN1C(=O)c2cc3ccccc3cc2C1=O)C(=O)O)C(=O)NNC(=O)c1cccnc1. The van der Waals surface area contributed by atoms with Crippen LogP contribution in [0.4, 0.5) is 0 Å². The summed E-state index contributed by atoms with van der Waals surface area (Å²) in [5, 5.41) is 14.3. The highest BCUT2D eigenvalue weighted by Gasteiger charge is 2.37. The molecule has 0 spiro atoms. The number of rotatable bonds is 10. The summed E-state index contributed by atoms with van der Waals surface area (Å²) in [7, 11) is 0. The number of benzene rings is 2. The van der Waals surface area contributed by atoms with Gasteiger partial charge in [0.25, 0.3) is 23.6 Å². The zero-order valence-electron chi connectivity index (χ0n) is 21.5. The monoisotopic (exact) mass is 531 g/mol. The van der Waals surface area contributed by atoms with Gasteiger partial charge in [0.15, 0.2) is 0 Å². The first kappa shape index (κ1) is 27.4. The summed E-state index contributed by atoms with van der Waals surface area (Å²) in [5.41, 5.74) is 5.43. The van der Waals surface area contributed by atoms with E-state index in [2.05, 4.69) is 21.2 Å². The van der Waals surface area contributed by atoms with Gasteiger partial charge in [-0.05, 0) is 53.8 Å². The van der Waals surface area contributed by atoms with Crippen molar-refractivity contribution in [3.05, 3.63) is 77.6 Å². The number of nitrogens with zero attached hydrogens (tertiary/aromatic N) is 2. The maximum Gasteiger partial charge on any atom is 0.320 e. The Kier molecular flexibility index (Phi) is 8.30. The highest BCUT2D eigenvalue weighted by atomic mass is 16.4. The van der Waals surface area contributed by atoms with Crippen LogP contribution in [0, 0.1) is 5.92 Å². The minimum Gasteiger partial charge on any atom is -0.480 e. The molecule has 3 aromatic rings. The number of nitrogens with one attached hydrogen (secondary N) is 3. The highest BCUT2D eigenvalue weighted by Crippen LogP contribution is 2.28. The van der Waals surface area contributed by atoms with Gasteiger partial charge in [-0.25, -0.2) is 0 Å². The van der Waals surface area contributed by atoms with Crippen molar-refractivity contribution in [1.82, 2.24) is 26.1 Å². The number of hydrazine groups is 1. The molecule has 0 saturated heterocycles. The number of hydrogen-bond donors (Lipinski definition) is 4. The minimum absolute atomic E-state index is 0.0158. The second-order valence-electron chi connectivity index (χ2n) is 9.72. The number of aromatic nitrogens is 1. The first-order valence-corrected chi connectivity index (χ1v) is 12.5. The molecule has 2 heterocycles. The average Bonchev–Trinajstić information content (AvgIpc) is 3.15. The van der Waals surface area contributed by atoms with Crippen molar-refractivity contribution in [2.24, 2.45) is 5.92 Å². The van der Waals surface area contributed by atoms with E-state index in [1.54, 1.807) is 18.2 Å². The number of hydrogen-bond acceptors (Lipinski definition) is 7. The average molecular weight is 532 g/mol. The molecule has 0 aliphatic carbocycles. The van der Waals surface area contributed by atoms with Crippen LogP contribution < -0.4 is 16.2 Å². The third-order valence-corrected chi connectivity index (χ3v) is 6.43. The topological polar surface area (TPSA) is 158 Å². The van der Waals surface area contributed by atoms with Gasteiger partial charge in [-0.1, -0.05) is 38.1 Å². The molecule has 4 amide bonds. The molecule has 2 atom stereocenters. The molecule has 0 bridgehead atoms. The van der Waals surface area contributed by atoms with Crippen molar-refractivity contribution < 1.29 is 29.1 Å². The van der Waals surface area contributed by atoms with E-state index in [9.17, 15) is 29.1 Å². The molecule has 1 aliphatic rings. The molecule has 1 aromatic heterocycles. The van der Waals surface area contributed by atoms with Crippen LogP contribution in [-0.2, 0) is 9.59 Å². The van der Waals surface area contributed by atoms with Crippen molar-refractivity contribution in [2.75, 3.05) is 6.54 Å². The summed E-state index contributed by atoms with van der Waals surface area (Å²) in [6, 6.07) is 11.6. The van der Waals surface area contributed by atoms with Gasteiger partial charge in [-0.15, -0.1) is 0 Å². The van der Waals surface area contributed by atoms with E-state index in [1.807, 2.05) is 38.1 Å². The van der Waals surface area contributed by atoms with Crippen molar-refractivity contribution in [3.8, 4) is 0 Å². The summed E-state index contributed by atoms with van der Waals surface area (Å²) in [4.78, 5) is 68.1. The quantitative estimate of drug-likeness (QED) is 0.229. The predicted octanol–water partition coefficient (Wildman–Crippen LogP) is 2.14. The third-order valence-electron chi connectivity index (χ3n) is 6.43. The molecule has 0 unspecified atom stereocenters. The Morgan fingerprint density at radius 2 is 1.56 bits per heavy atom. The molecule has 4 N–H and O–H groups in total. The van der Waals surface area contributed by atoms with Crippen LogP contribution in [0.3, 0.4) is 0 Å². The van der Waals surface area contributed by atoms with Crippen LogP contribution in [0.25, 0.3) is 10.8 Å². The van der Waals surface area contributed by atoms with Crippen molar-refractivity contribution in [1.29, 1.82) is 0 Å². The molecule has 1 aliphatic heterocycles. The Bertz CT molecular complexity index is 1370. The van der Waals surface area contributed by atoms with Crippen LogP contribution >= 0.6 is 0 Å². The second-order valence-corrected chi connectivity index (χ2v) is 9.72. The molecule has 4 rings (SSSR count). The van der Waals surface area contributed by atoms with E-state index >= 15 is 0 Å². The van der Waals surface area contributed by atoms with Crippen LogP contribution in [-0.4, -0.2) is 63.2 Å². The Morgan fingerprint density at radius 3 is 2.10 bits per heavy atom. The third kappa shape index (κ3) is 6.27. The fraction of sp³-hybridized carbons (Fsp3) is 0.286. The molecule has 2 aromatic carbocycles. The standard InChI is InChI=1S/C28H29N5O6/c1-16(2)12-23(25(35)32-31-24(34)19-8-5-10-29-15-19)30-22(28(38)39)9-11-33-26(36)20-13-17-6-3-4-7-18(17)14-21(20)27(33)37/h3-8,10,13-16,22-23,30H,9,11-12H2,1-2H3,(H,31,34)(H,32,35)(H,38,39)/t22-,23+/m1/s1. The number of carboxylic acid groups (broad SMARTS) is 1. The fourth-order valence-corrected chi connectivity index (χ4v) is 4.46. The Labute approximate surface area is 224 Å². The van der Waals surface area contributed by atoms with E-state index in [0.29, 0.717) is 0 Å². The van der Waals surface area contributed by atoms with Gasteiger partial charge in [0.05, 0.1) is 22.7 Å². The number of imide groups is 1. The van der Waals surface area contributed by atoms with Gasteiger partial charge in [0.2, 0.25) is 0 Å². The fourth-order valence-electron chi connectivity index (χ4n) is 4.46. The molecular weight excluding hydrogens is 502 g/mol. The molecule has 0 radical (unpaired) electrons. The summed E-state index contributed by atoms with van der Waals surface area (Å²) in [6.45, 7) is 3.59. The number of carbonyl (C=O) groups excluding carboxylic acids is 4. The summed E-state index contributed by atoms with van der Waals surface area (Å²) in [5.74, 6) is -3.40. The lowest BCUT2D eigenvalue weighted by molar-refractivity contribution is -0.140. The lowest BCUT2D eigenvalue weighted by Crippen LogP contribution is -2.55. The van der Waals surface area contributed by atoms with E-state index in [1.165, 1.54) is 18.5 Å². The van der Waals surface area contributed by atoms with Crippen LogP contribution in [0.5, 0.6) is 0 Å². The largest absolute Gasteiger partial charge is 0.480 e. The predicted molar refractivity (Wildman–Crippen MR) is 142 cm³/mol. The normalized spacial score (nSPS) is 14.3. The van der Waals surface area contributed by atoms with Crippen molar-refractivity contribution in [3.63, 3.8) is 0 Å². The molecule has 11 nitrogen and oxygen atoms in total. The van der Waals surface area contributed by atoms with Gasteiger partial charge in [0.1, 0.15) is 6.04 Å². The van der Waals surface area contributed by atoms with Gasteiger partial charge < -0.3 is 5.11 Å². The first-order valence-electron chi connectivity index (χ1n) is 12.5. The van der Waals surface area contributed by atoms with Gasteiger partial charge in [-0.3, -0.25) is 50.0 Å². The summed E-state index contributed by atoms with van der Waals surface area (Å²) in [6.07, 6.45) is 3.00. The number of carbonyl (C=O) groups is 5. The number of carboxylic acids is 1. The molecule has 11 heteroatoms. The molecule has 202 valence electrons. The van der Waals surface area contributed by atoms with Crippen molar-refractivity contribution in [2.45, 2.75) is 38.8 Å². The van der Waals surface area contributed by atoms with E-state index in [4.69, 9.17) is 0 Å². The van der Waals surface area contributed by atoms with Crippen LogP contribution in [0.1, 0.15) is 57.8 Å². The first-order chi connectivity index (χ1) is 18.7. The molecule has 39 heavy (non-hydrogen) atoms. The number of amides is 4. The highest BCUT2D eigenvalue weighted by molar-refractivity contribution is 6.23. The number of fused-ring (bicyclic) bond motifs is 2. The summed E-state index contributed by atoms with van der Waals surface area (Å²) >= 11 is 0. The zero-order valence-corrected chi connectivity index (χ0v) is 21.5. The molecular formula is C28H29N5O6. The van der Waals surface area contributed by atoms with E-state index in [-0.39, 0.29) is 42.0 Å². The van der Waals surface area contributed by atoms with E-state index in [0.717, 1.165) is 15.7 Å². The number of pyridine rings is 1. The summed E-state index contributed by atoms with van der Waals surface area (Å²) < 4.78 is 0. The minimum atomic E-state index is -1.24. The van der Waals surface area contributed by atoms with Gasteiger partial charge in [0, 0.05) is 18.9 Å². The molecule has 0 saturated carbocycles. The number of aliphatic carboxylic acids is 1. The van der Waals surface area contributed by atoms with Gasteiger partial charge in [-0.2, -0.15) is 0 Å². The maximum absolute atomic E-state index is 13.0. The Balaban J connectivity index is 1.42. The van der Waals surface area contributed by atoms with Crippen LogP contribution in [0.2, 0.25) is 0 Å². The Hall–Kier alpha value is -4.64. The van der Waals surface area contributed by atoms with Crippen molar-refractivity contribution >= 4 is 40.4 Å². The lowest BCUT2D eigenvalue weighted by Gasteiger charge is -2.25. The Morgan fingerprint density at radius 1 is 0.923 bits per heavy atom. The van der Waals surface area contributed by atoms with Gasteiger partial charge >= 0.3 is 5.97 Å². The van der Waals surface area contributed by atoms with Crippen LogP contribution in [0.15, 0.2) is 60.9 Å².